The van der Waals surface area contributed by atoms with Crippen LogP contribution in [-0.2, 0) is 22.6 Å². The summed E-state index contributed by atoms with van der Waals surface area (Å²) in [6.07, 6.45) is 1.99. The molecule has 4 rings (SSSR count). The fraction of sp³-hybridized carbons (Fsp3) is 0.391. The summed E-state index contributed by atoms with van der Waals surface area (Å²) < 4.78 is 10.7. The molecule has 0 spiro atoms. The van der Waals surface area contributed by atoms with Gasteiger partial charge < -0.3 is 19.3 Å². The molecular weight excluding hydrogens is 404 g/mol. The van der Waals surface area contributed by atoms with Crippen molar-refractivity contribution in [3.05, 3.63) is 52.5 Å². The summed E-state index contributed by atoms with van der Waals surface area (Å²) >= 11 is 6.13. The molecule has 2 aliphatic rings. The van der Waals surface area contributed by atoms with E-state index in [1.807, 2.05) is 17.0 Å². The van der Waals surface area contributed by atoms with Gasteiger partial charge in [0.15, 0.2) is 0 Å². The Labute approximate surface area is 181 Å². The highest BCUT2D eigenvalue weighted by Crippen LogP contribution is 2.36. The van der Waals surface area contributed by atoms with E-state index in [-0.39, 0.29) is 24.2 Å². The van der Waals surface area contributed by atoms with Gasteiger partial charge in [-0.15, -0.1) is 0 Å². The molecule has 2 amide bonds. The van der Waals surface area contributed by atoms with Crippen LogP contribution in [-0.4, -0.2) is 44.0 Å². The number of rotatable bonds is 4. The largest absolute Gasteiger partial charge is 0.497 e. The summed E-state index contributed by atoms with van der Waals surface area (Å²) in [5.74, 6) is 0.963. The first-order valence-corrected chi connectivity index (χ1v) is 10.5. The van der Waals surface area contributed by atoms with Crippen LogP contribution in [0.3, 0.4) is 0 Å². The number of methoxy groups -OCH3 is 2. The average molecular weight is 429 g/mol. The second-order valence-corrected chi connectivity index (χ2v) is 8.16. The quantitative estimate of drug-likeness (QED) is 0.745. The van der Waals surface area contributed by atoms with Crippen LogP contribution in [0.25, 0.3) is 0 Å². The summed E-state index contributed by atoms with van der Waals surface area (Å²) in [5, 5.41) is 0.521. The number of amides is 2. The third-order valence-electron chi connectivity index (χ3n) is 5.87. The van der Waals surface area contributed by atoms with Crippen LogP contribution in [0.5, 0.6) is 11.5 Å². The van der Waals surface area contributed by atoms with Crippen molar-refractivity contribution in [2.45, 2.75) is 25.8 Å². The molecule has 2 aromatic carbocycles. The number of anilines is 1. The highest BCUT2D eigenvalue weighted by molar-refractivity contribution is 6.31. The van der Waals surface area contributed by atoms with E-state index in [4.69, 9.17) is 21.1 Å². The predicted molar refractivity (Wildman–Crippen MR) is 115 cm³/mol. The number of fused-ring (bicyclic) bond motifs is 1. The second-order valence-electron chi connectivity index (χ2n) is 7.72. The first kappa shape index (κ1) is 20.5. The zero-order chi connectivity index (χ0) is 21.3. The van der Waals surface area contributed by atoms with Crippen molar-refractivity contribution < 1.29 is 19.1 Å². The lowest BCUT2D eigenvalue weighted by molar-refractivity contribution is -0.136. The summed E-state index contributed by atoms with van der Waals surface area (Å²) in [4.78, 5) is 29.5. The number of nitrogens with zero attached hydrogens (tertiary/aromatic N) is 2. The molecule has 158 valence electrons. The van der Waals surface area contributed by atoms with E-state index in [2.05, 4.69) is 6.07 Å². The first-order valence-electron chi connectivity index (χ1n) is 10.1. The summed E-state index contributed by atoms with van der Waals surface area (Å²) in [6.45, 7) is 1.57. The van der Waals surface area contributed by atoms with Gasteiger partial charge in [0, 0.05) is 31.1 Å². The summed E-state index contributed by atoms with van der Waals surface area (Å²) in [7, 11) is 3.21. The molecule has 1 unspecified atom stereocenters. The number of halogens is 1. The SMILES string of the molecule is COc1ccc2c(c1)CCCN(C(=O)C1CC(=O)N(c3cc(Cl)ccc3OC)C1)C2. The highest BCUT2D eigenvalue weighted by Gasteiger charge is 2.38. The molecule has 1 fully saturated rings. The number of hydrogen-bond acceptors (Lipinski definition) is 4. The molecule has 1 atom stereocenters. The molecule has 0 saturated carbocycles. The second kappa shape index (κ2) is 8.56. The highest BCUT2D eigenvalue weighted by atomic mass is 35.5. The monoisotopic (exact) mass is 428 g/mol. The minimum Gasteiger partial charge on any atom is -0.497 e. The van der Waals surface area contributed by atoms with Gasteiger partial charge in [-0.05, 0) is 54.3 Å². The lowest BCUT2D eigenvalue weighted by Gasteiger charge is -2.25. The molecule has 0 bridgehead atoms. The van der Waals surface area contributed by atoms with Gasteiger partial charge in [-0.2, -0.15) is 0 Å². The molecule has 0 radical (unpaired) electrons. The van der Waals surface area contributed by atoms with E-state index >= 15 is 0 Å². The lowest BCUT2D eigenvalue weighted by Crippen LogP contribution is -2.37. The number of ether oxygens (including phenoxy) is 2. The van der Waals surface area contributed by atoms with Crippen molar-refractivity contribution in [2.75, 3.05) is 32.2 Å². The minimum atomic E-state index is -0.374. The van der Waals surface area contributed by atoms with Crippen LogP contribution in [0.2, 0.25) is 5.02 Å². The third kappa shape index (κ3) is 3.97. The predicted octanol–water partition coefficient (Wildman–Crippen LogP) is 3.69. The zero-order valence-corrected chi connectivity index (χ0v) is 17.9. The van der Waals surface area contributed by atoms with E-state index in [9.17, 15) is 9.59 Å². The topological polar surface area (TPSA) is 59.1 Å². The number of aryl methyl sites for hydroxylation is 1. The maximum atomic E-state index is 13.3. The van der Waals surface area contributed by atoms with Gasteiger partial charge in [0.2, 0.25) is 11.8 Å². The Kier molecular flexibility index (Phi) is 5.86. The van der Waals surface area contributed by atoms with Gasteiger partial charge >= 0.3 is 0 Å². The molecule has 2 heterocycles. The van der Waals surface area contributed by atoms with Gasteiger partial charge in [0.1, 0.15) is 11.5 Å². The Morgan fingerprint density at radius 2 is 1.93 bits per heavy atom. The Morgan fingerprint density at radius 3 is 2.70 bits per heavy atom. The Balaban J connectivity index is 1.51. The first-order chi connectivity index (χ1) is 14.5. The molecule has 7 heteroatoms. The van der Waals surface area contributed by atoms with Gasteiger partial charge in [-0.3, -0.25) is 9.59 Å². The number of hydrogen-bond donors (Lipinski definition) is 0. The maximum Gasteiger partial charge on any atom is 0.228 e. The van der Waals surface area contributed by atoms with E-state index < -0.39 is 0 Å². The average Bonchev–Trinajstić information content (AvgIpc) is 3.01. The molecule has 2 aliphatic heterocycles. The molecule has 30 heavy (non-hydrogen) atoms. The van der Waals surface area contributed by atoms with Crippen molar-refractivity contribution in [2.24, 2.45) is 5.92 Å². The van der Waals surface area contributed by atoms with Crippen molar-refractivity contribution in [3.8, 4) is 11.5 Å². The lowest BCUT2D eigenvalue weighted by atomic mass is 10.0. The molecule has 0 aliphatic carbocycles. The summed E-state index contributed by atoms with van der Waals surface area (Å²) in [5.41, 5.74) is 2.97. The van der Waals surface area contributed by atoms with Gasteiger partial charge in [-0.25, -0.2) is 0 Å². The van der Waals surface area contributed by atoms with Crippen LogP contribution in [0, 0.1) is 5.92 Å². The van der Waals surface area contributed by atoms with E-state index in [1.54, 1.807) is 37.3 Å². The minimum absolute atomic E-state index is 0.0236. The number of carbonyl (C=O) groups is 2. The van der Waals surface area contributed by atoms with Crippen LogP contribution in [0.4, 0.5) is 5.69 Å². The Bertz CT molecular complexity index is 978. The van der Waals surface area contributed by atoms with Crippen molar-refractivity contribution in [1.29, 1.82) is 0 Å². The van der Waals surface area contributed by atoms with Crippen LogP contribution in [0.1, 0.15) is 24.0 Å². The molecule has 2 aromatic rings. The smallest absolute Gasteiger partial charge is 0.228 e. The number of benzene rings is 2. The number of carbonyl (C=O) groups excluding carboxylic acids is 2. The zero-order valence-electron chi connectivity index (χ0n) is 17.2. The fourth-order valence-electron chi connectivity index (χ4n) is 4.29. The molecule has 1 saturated heterocycles. The Morgan fingerprint density at radius 1 is 1.10 bits per heavy atom. The van der Waals surface area contributed by atoms with E-state index in [1.165, 1.54) is 5.56 Å². The van der Waals surface area contributed by atoms with Gasteiger partial charge in [0.25, 0.3) is 0 Å². The third-order valence-corrected chi connectivity index (χ3v) is 6.10. The fourth-order valence-corrected chi connectivity index (χ4v) is 4.45. The maximum absolute atomic E-state index is 13.3. The van der Waals surface area contributed by atoms with Gasteiger partial charge in [0.05, 0.1) is 25.8 Å². The van der Waals surface area contributed by atoms with E-state index in [0.29, 0.717) is 36.1 Å². The molecule has 0 aromatic heterocycles. The summed E-state index contributed by atoms with van der Waals surface area (Å²) in [6, 6.07) is 11.2. The van der Waals surface area contributed by atoms with Crippen molar-refractivity contribution in [1.82, 2.24) is 4.90 Å². The Hall–Kier alpha value is -2.73. The standard InChI is InChI=1S/C23H25ClN2O4/c1-29-19-7-5-16-13-25(9-3-4-15(16)10-19)23(28)17-11-22(27)26(14-17)20-12-18(24)6-8-21(20)30-2/h5-8,10,12,17H,3-4,9,11,13-14H2,1-2H3. The van der Waals surface area contributed by atoms with Crippen LogP contribution < -0.4 is 14.4 Å². The normalized spacial score (nSPS) is 18.8. The van der Waals surface area contributed by atoms with E-state index in [0.717, 1.165) is 24.2 Å². The van der Waals surface area contributed by atoms with Crippen molar-refractivity contribution >= 4 is 29.1 Å². The van der Waals surface area contributed by atoms with Gasteiger partial charge in [-0.1, -0.05) is 17.7 Å². The van der Waals surface area contributed by atoms with Crippen LogP contribution in [0.15, 0.2) is 36.4 Å². The molecular formula is C23H25ClN2O4. The van der Waals surface area contributed by atoms with Crippen molar-refractivity contribution in [3.63, 3.8) is 0 Å². The van der Waals surface area contributed by atoms with Crippen LogP contribution >= 0.6 is 11.6 Å². The molecule has 6 nitrogen and oxygen atoms in total. The molecule has 0 N–H and O–H groups in total.